The summed E-state index contributed by atoms with van der Waals surface area (Å²) in [4.78, 5) is 32.2. The minimum Gasteiger partial charge on any atom is -0.495 e. The fraction of sp³-hybridized carbons (Fsp3) is 0.214. The van der Waals surface area contributed by atoms with Crippen molar-refractivity contribution in [2.45, 2.75) is 0 Å². The number of amides is 2. The number of ether oxygens (including phenoxy) is 2. The number of halogens is 1. The number of benzene rings is 3. The molecule has 0 aliphatic carbocycles. The number of piperazine rings is 1. The van der Waals surface area contributed by atoms with Gasteiger partial charge in [-0.3, -0.25) is 14.5 Å². The average molecular weight is 504 g/mol. The van der Waals surface area contributed by atoms with Crippen LogP contribution in [0.25, 0.3) is 6.08 Å². The molecule has 1 fully saturated rings. The van der Waals surface area contributed by atoms with Crippen LogP contribution in [0.3, 0.4) is 0 Å². The summed E-state index contributed by atoms with van der Waals surface area (Å²) in [5.74, 6) is 0.955. The minimum absolute atomic E-state index is 0.0757. The number of carbonyl (C=O) groups is 2. The molecule has 0 bridgehead atoms. The number of anilines is 2. The lowest BCUT2D eigenvalue weighted by atomic mass is 10.1. The van der Waals surface area contributed by atoms with E-state index in [1.54, 1.807) is 36.3 Å². The van der Waals surface area contributed by atoms with Crippen LogP contribution in [0, 0.1) is 0 Å². The van der Waals surface area contributed by atoms with Crippen LogP contribution in [-0.2, 0) is 9.59 Å². The molecule has 8 heteroatoms. The van der Waals surface area contributed by atoms with Crippen LogP contribution in [0.1, 0.15) is 5.56 Å². The molecule has 36 heavy (non-hydrogen) atoms. The van der Waals surface area contributed by atoms with E-state index in [1.807, 2.05) is 54.6 Å². The zero-order valence-corrected chi connectivity index (χ0v) is 20.6. The van der Waals surface area contributed by atoms with Gasteiger partial charge >= 0.3 is 0 Å². The molecule has 0 saturated carbocycles. The molecule has 7 nitrogen and oxygen atoms in total. The molecule has 0 atom stereocenters. The molecule has 184 valence electrons. The Morgan fingerprint density at radius 3 is 2.36 bits per heavy atom. The minimum atomic E-state index is -0.380. The van der Waals surface area contributed by atoms with Crippen LogP contribution in [0.15, 0.2) is 78.6 Å². The van der Waals surface area contributed by atoms with Crippen molar-refractivity contribution in [1.82, 2.24) is 4.90 Å². The molecule has 0 radical (unpaired) electrons. The lowest BCUT2D eigenvalue weighted by molar-refractivity contribution is -0.131. The molecule has 2 heterocycles. The lowest BCUT2D eigenvalue weighted by Gasteiger charge is -2.38. The van der Waals surface area contributed by atoms with Crippen LogP contribution in [0.5, 0.6) is 11.5 Å². The van der Waals surface area contributed by atoms with Gasteiger partial charge in [0.2, 0.25) is 5.91 Å². The molecular formula is C28H26ClN3O4. The van der Waals surface area contributed by atoms with Gasteiger partial charge < -0.3 is 19.3 Å². The molecular weight excluding hydrogens is 478 g/mol. The zero-order chi connectivity index (χ0) is 25.1. The van der Waals surface area contributed by atoms with E-state index in [-0.39, 0.29) is 24.1 Å². The van der Waals surface area contributed by atoms with Crippen molar-refractivity contribution in [2.75, 3.05) is 49.6 Å². The normalized spacial score (nSPS) is 16.6. The number of carbonyl (C=O) groups excluding carboxylic acids is 2. The van der Waals surface area contributed by atoms with Gasteiger partial charge in [-0.15, -0.1) is 0 Å². The van der Waals surface area contributed by atoms with Crippen molar-refractivity contribution in [3.8, 4) is 11.5 Å². The first-order valence-electron chi connectivity index (χ1n) is 11.8. The number of nitrogens with zero attached hydrogens (tertiary/aromatic N) is 3. The predicted molar refractivity (Wildman–Crippen MR) is 141 cm³/mol. The summed E-state index contributed by atoms with van der Waals surface area (Å²) in [5, 5.41) is 0.510. The standard InChI is InChI=1S/C28H26ClN3O4/c1-35-24-12-6-4-10-22(24)30-14-16-31(17-15-30)27(33)19-32-23-11-5-7-13-25(23)36-26(28(32)34)18-20-8-2-3-9-21(20)29/h2-13,18H,14-17,19H2,1H3/b26-18+. The van der Waals surface area contributed by atoms with Crippen LogP contribution in [0.4, 0.5) is 11.4 Å². The summed E-state index contributed by atoms with van der Waals surface area (Å²) in [6, 6.07) is 22.3. The Balaban J connectivity index is 1.32. The van der Waals surface area contributed by atoms with Gasteiger partial charge in [-0.25, -0.2) is 0 Å². The quantitative estimate of drug-likeness (QED) is 0.481. The zero-order valence-electron chi connectivity index (χ0n) is 19.9. The van der Waals surface area contributed by atoms with E-state index in [0.717, 1.165) is 11.4 Å². The van der Waals surface area contributed by atoms with Crippen LogP contribution < -0.4 is 19.3 Å². The molecule has 1 saturated heterocycles. The van der Waals surface area contributed by atoms with Crippen LogP contribution in [-0.4, -0.2) is 56.5 Å². The first-order chi connectivity index (χ1) is 17.5. The van der Waals surface area contributed by atoms with Gasteiger partial charge in [-0.1, -0.05) is 54.1 Å². The fourth-order valence-corrected chi connectivity index (χ4v) is 4.67. The highest BCUT2D eigenvalue weighted by molar-refractivity contribution is 6.32. The monoisotopic (exact) mass is 503 g/mol. The summed E-state index contributed by atoms with van der Waals surface area (Å²) in [6.07, 6.45) is 1.62. The van der Waals surface area contributed by atoms with Crippen molar-refractivity contribution in [3.05, 3.63) is 89.1 Å². The number of para-hydroxylation sites is 4. The predicted octanol–water partition coefficient (Wildman–Crippen LogP) is 4.46. The van der Waals surface area contributed by atoms with E-state index in [9.17, 15) is 9.59 Å². The molecule has 3 aromatic carbocycles. The van der Waals surface area contributed by atoms with Gasteiger partial charge in [0, 0.05) is 31.2 Å². The Hall–Kier alpha value is -3.97. The van der Waals surface area contributed by atoms with E-state index in [2.05, 4.69) is 4.90 Å². The molecule has 2 amide bonds. The van der Waals surface area contributed by atoms with Gasteiger partial charge in [-0.05, 0) is 42.0 Å². The van der Waals surface area contributed by atoms with Crippen molar-refractivity contribution in [3.63, 3.8) is 0 Å². The van der Waals surface area contributed by atoms with Gasteiger partial charge in [0.25, 0.3) is 5.91 Å². The molecule has 0 unspecified atom stereocenters. The molecule has 2 aliphatic rings. The van der Waals surface area contributed by atoms with Gasteiger partial charge in [0.15, 0.2) is 11.5 Å². The summed E-state index contributed by atoms with van der Waals surface area (Å²) in [7, 11) is 1.66. The van der Waals surface area contributed by atoms with E-state index in [4.69, 9.17) is 21.1 Å². The highest BCUT2D eigenvalue weighted by atomic mass is 35.5. The fourth-order valence-electron chi connectivity index (χ4n) is 4.48. The number of rotatable bonds is 5. The van der Waals surface area contributed by atoms with E-state index >= 15 is 0 Å². The third-order valence-corrected chi connectivity index (χ3v) is 6.72. The maximum Gasteiger partial charge on any atom is 0.294 e. The number of fused-ring (bicyclic) bond motifs is 1. The Morgan fingerprint density at radius 1 is 0.944 bits per heavy atom. The van der Waals surface area contributed by atoms with E-state index in [0.29, 0.717) is 48.2 Å². The van der Waals surface area contributed by atoms with Crippen molar-refractivity contribution in [1.29, 1.82) is 0 Å². The Morgan fingerprint density at radius 2 is 1.61 bits per heavy atom. The number of hydrogen-bond acceptors (Lipinski definition) is 5. The third-order valence-electron chi connectivity index (χ3n) is 6.38. The summed E-state index contributed by atoms with van der Waals surface area (Å²) >= 11 is 6.29. The second-order valence-electron chi connectivity index (χ2n) is 8.53. The maximum atomic E-state index is 13.4. The Kier molecular flexibility index (Phi) is 6.82. The van der Waals surface area contributed by atoms with Crippen molar-refractivity contribution in [2.24, 2.45) is 0 Å². The second kappa shape index (κ2) is 10.3. The Bertz CT molecular complexity index is 1320. The molecule has 0 aromatic heterocycles. The molecule has 5 rings (SSSR count). The lowest BCUT2D eigenvalue weighted by Crippen LogP contribution is -2.52. The SMILES string of the molecule is COc1ccccc1N1CCN(C(=O)CN2C(=O)/C(=C\c3ccccc3Cl)Oc3ccccc32)CC1. The van der Waals surface area contributed by atoms with Gasteiger partial charge in [0.1, 0.15) is 12.3 Å². The topological polar surface area (TPSA) is 62.3 Å². The van der Waals surface area contributed by atoms with Crippen molar-refractivity contribution < 1.29 is 19.1 Å². The first-order valence-corrected chi connectivity index (χ1v) is 12.1. The molecule has 0 spiro atoms. The molecule has 0 N–H and O–H groups in total. The second-order valence-corrected chi connectivity index (χ2v) is 8.94. The Labute approximate surface area is 215 Å². The third kappa shape index (κ3) is 4.75. The van der Waals surface area contributed by atoms with Gasteiger partial charge in [-0.2, -0.15) is 0 Å². The van der Waals surface area contributed by atoms with Gasteiger partial charge in [0.05, 0.1) is 18.5 Å². The van der Waals surface area contributed by atoms with E-state index < -0.39 is 0 Å². The number of hydrogen-bond donors (Lipinski definition) is 0. The average Bonchev–Trinajstić information content (AvgIpc) is 2.92. The summed E-state index contributed by atoms with van der Waals surface area (Å²) in [6.45, 7) is 2.39. The molecule has 3 aromatic rings. The van der Waals surface area contributed by atoms with Crippen molar-refractivity contribution >= 4 is 40.9 Å². The largest absolute Gasteiger partial charge is 0.495 e. The first kappa shape index (κ1) is 23.8. The van der Waals surface area contributed by atoms with Crippen LogP contribution >= 0.6 is 11.6 Å². The smallest absolute Gasteiger partial charge is 0.294 e. The highest BCUT2D eigenvalue weighted by Crippen LogP contribution is 2.36. The highest BCUT2D eigenvalue weighted by Gasteiger charge is 2.33. The summed E-state index contributed by atoms with van der Waals surface area (Å²) in [5.41, 5.74) is 2.25. The summed E-state index contributed by atoms with van der Waals surface area (Å²) < 4.78 is 11.4. The van der Waals surface area contributed by atoms with Crippen LogP contribution in [0.2, 0.25) is 5.02 Å². The van der Waals surface area contributed by atoms with E-state index in [1.165, 1.54) is 4.90 Å². The maximum absolute atomic E-state index is 13.4. The molecule has 2 aliphatic heterocycles. The number of methoxy groups -OCH3 is 1.